The second kappa shape index (κ2) is 10.7. The first-order valence-electron chi connectivity index (χ1n) is 12.8. The van der Waals surface area contributed by atoms with E-state index in [2.05, 4.69) is 37.5 Å². The number of nitrogens with zero attached hydrogens (tertiary/aromatic N) is 4. The summed E-state index contributed by atoms with van der Waals surface area (Å²) >= 11 is 1.20. The molecule has 0 radical (unpaired) electrons. The smallest absolute Gasteiger partial charge is 0.331 e. The molecule has 4 heterocycles. The lowest BCUT2D eigenvalue weighted by atomic mass is 9.90. The summed E-state index contributed by atoms with van der Waals surface area (Å²) in [6.45, 7) is 3.51. The second-order valence-corrected chi connectivity index (χ2v) is 10.4. The number of para-hydroxylation sites is 1. The number of anilines is 3. The third kappa shape index (κ3) is 4.84. The van der Waals surface area contributed by atoms with Gasteiger partial charge in [-0.05, 0) is 37.1 Å². The van der Waals surface area contributed by atoms with Crippen LogP contribution in [0.5, 0.6) is 11.8 Å². The zero-order valence-corrected chi connectivity index (χ0v) is 22.1. The van der Waals surface area contributed by atoms with Gasteiger partial charge in [-0.3, -0.25) is 14.5 Å². The van der Waals surface area contributed by atoms with Crippen LogP contribution in [0.15, 0.2) is 67.6 Å². The van der Waals surface area contributed by atoms with E-state index in [1.807, 2.05) is 18.2 Å². The predicted molar refractivity (Wildman–Crippen MR) is 151 cm³/mol. The summed E-state index contributed by atoms with van der Waals surface area (Å²) in [7, 11) is 0. The Labute approximate surface area is 233 Å². The highest BCUT2D eigenvalue weighted by molar-refractivity contribution is 7.21. The number of thiophene rings is 1. The first-order valence-corrected chi connectivity index (χ1v) is 13.6. The SMILES string of the molecule is C=CC(=O)N[C@H]1CCCC[C@H]1NC(=O)c1sc2nccc3c2c1NC(=O)N3c1cnc(Oc2ccccc2)nc1. The lowest BCUT2D eigenvalue weighted by Crippen LogP contribution is -2.52. The van der Waals surface area contributed by atoms with Crippen LogP contribution in [0.1, 0.15) is 35.4 Å². The third-order valence-electron chi connectivity index (χ3n) is 6.87. The quantitative estimate of drug-likeness (QED) is 0.276. The predicted octanol–water partition coefficient (Wildman–Crippen LogP) is 4.91. The van der Waals surface area contributed by atoms with Gasteiger partial charge in [-0.2, -0.15) is 0 Å². The van der Waals surface area contributed by atoms with Crippen molar-refractivity contribution in [3.8, 4) is 11.8 Å². The molecule has 12 heteroatoms. The van der Waals surface area contributed by atoms with E-state index >= 15 is 0 Å². The minimum absolute atomic E-state index is 0.146. The molecule has 3 aromatic heterocycles. The number of carbonyl (C=O) groups is 3. The minimum Gasteiger partial charge on any atom is -0.424 e. The van der Waals surface area contributed by atoms with Crippen molar-refractivity contribution >= 4 is 56.5 Å². The van der Waals surface area contributed by atoms with Crippen LogP contribution in [0.2, 0.25) is 0 Å². The average Bonchev–Trinajstić information content (AvgIpc) is 3.35. The summed E-state index contributed by atoms with van der Waals surface area (Å²) in [6.07, 6.45) is 9.24. The van der Waals surface area contributed by atoms with Crippen LogP contribution in [0.25, 0.3) is 10.2 Å². The Balaban J connectivity index is 1.27. The topological polar surface area (TPSA) is 138 Å². The summed E-state index contributed by atoms with van der Waals surface area (Å²) < 4.78 is 5.67. The van der Waals surface area contributed by atoms with Gasteiger partial charge in [-0.1, -0.05) is 37.6 Å². The van der Waals surface area contributed by atoms with Gasteiger partial charge < -0.3 is 20.7 Å². The Bertz CT molecular complexity index is 1610. The van der Waals surface area contributed by atoms with Crippen LogP contribution in [0.3, 0.4) is 0 Å². The Morgan fingerprint density at radius 3 is 2.50 bits per heavy atom. The maximum Gasteiger partial charge on any atom is 0.331 e. The zero-order chi connectivity index (χ0) is 27.6. The molecule has 1 aliphatic heterocycles. The number of amides is 4. The zero-order valence-electron chi connectivity index (χ0n) is 21.3. The number of benzene rings is 1. The standard InChI is InChI=1S/C28H25N7O4S/c1-2-21(36)32-18-10-6-7-11-19(18)33-25(37)24-23-22-20(12-13-29-26(22)40-24)35(28(38)34-23)16-14-30-27(31-15-16)39-17-8-4-3-5-9-17/h2-5,8-9,12-15,18-19H,1,6-7,10-11H2,(H,32,36)(H,33,37)(H,34,38)/t18-,19+/m0/s1. The number of pyridine rings is 1. The molecule has 2 aliphatic rings. The second-order valence-electron chi connectivity index (χ2n) is 9.40. The van der Waals surface area contributed by atoms with E-state index in [0.717, 1.165) is 25.7 Å². The van der Waals surface area contributed by atoms with E-state index in [1.165, 1.54) is 34.7 Å². The Morgan fingerprint density at radius 1 is 1.05 bits per heavy atom. The number of rotatable bonds is 7. The molecule has 1 saturated carbocycles. The number of carbonyl (C=O) groups excluding carboxylic acids is 3. The van der Waals surface area contributed by atoms with Crippen LogP contribution in [0, 0.1) is 0 Å². The Morgan fingerprint density at radius 2 is 1.77 bits per heavy atom. The maximum absolute atomic E-state index is 13.5. The van der Waals surface area contributed by atoms with Gasteiger partial charge in [0.1, 0.15) is 15.5 Å². The number of aromatic nitrogens is 3. The van der Waals surface area contributed by atoms with Crippen LogP contribution in [-0.4, -0.2) is 44.9 Å². The van der Waals surface area contributed by atoms with Crippen molar-refractivity contribution in [2.45, 2.75) is 37.8 Å². The van der Waals surface area contributed by atoms with Gasteiger partial charge in [-0.25, -0.2) is 19.7 Å². The van der Waals surface area contributed by atoms with Crippen molar-refractivity contribution in [2.24, 2.45) is 0 Å². The highest BCUT2D eigenvalue weighted by atomic mass is 32.1. The van der Waals surface area contributed by atoms with Crippen molar-refractivity contribution in [3.05, 3.63) is 72.5 Å². The Kier molecular flexibility index (Phi) is 6.83. The van der Waals surface area contributed by atoms with Gasteiger partial charge in [0.25, 0.3) is 5.91 Å². The average molecular weight is 556 g/mol. The fourth-order valence-electron chi connectivity index (χ4n) is 5.02. The summed E-state index contributed by atoms with van der Waals surface area (Å²) in [5.74, 6) is -0.000646. The number of hydrogen-bond acceptors (Lipinski definition) is 8. The number of ether oxygens (including phenoxy) is 1. The van der Waals surface area contributed by atoms with Crippen LogP contribution >= 0.6 is 11.3 Å². The molecular weight excluding hydrogens is 530 g/mol. The summed E-state index contributed by atoms with van der Waals surface area (Å²) in [5, 5.41) is 9.52. The molecule has 1 aromatic carbocycles. The monoisotopic (exact) mass is 555 g/mol. The fourth-order valence-corrected chi connectivity index (χ4v) is 6.05. The molecule has 0 bridgehead atoms. The molecule has 3 N–H and O–H groups in total. The van der Waals surface area contributed by atoms with E-state index in [0.29, 0.717) is 37.9 Å². The molecule has 2 atom stereocenters. The summed E-state index contributed by atoms with van der Waals surface area (Å²) in [5.41, 5.74) is 1.40. The van der Waals surface area contributed by atoms with Gasteiger partial charge in [0, 0.05) is 18.3 Å². The lowest BCUT2D eigenvalue weighted by molar-refractivity contribution is -0.117. The highest BCUT2D eigenvalue weighted by Gasteiger charge is 2.35. The van der Waals surface area contributed by atoms with Gasteiger partial charge in [0.05, 0.1) is 34.8 Å². The molecular formula is C28H25N7O4S. The van der Waals surface area contributed by atoms with Gasteiger partial charge in [0.15, 0.2) is 0 Å². The molecule has 1 aliphatic carbocycles. The van der Waals surface area contributed by atoms with Crippen LogP contribution in [0.4, 0.5) is 21.9 Å². The first kappa shape index (κ1) is 25.4. The van der Waals surface area contributed by atoms with Crippen molar-refractivity contribution in [3.63, 3.8) is 0 Å². The highest BCUT2D eigenvalue weighted by Crippen LogP contribution is 2.45. The molecule has 40 heavy (non-hydrogen) atoms. The molecule has 6 rings (SSSR count). The van der Waals surface area contributed by atoms with Gasteiger partial charge >= 0.3 is 12.0 Å². The van der Waals surface area contributed by atoms with Crippen LogP contribution in [-0.2, 0) is 4.79 Å². The lowest BCUT2D eigenvalue weighted by Gasteiger charge is -2.32. The molecule has 1 fully saturated rings. The van der Waals surface area contributed by atoms with E-state index in [1.54, 1.807) is 24.4 Å². The molecule has 0 saturated heterocycles. The third-order valence-corrected chi connectivity index (χ3v) is 7.97. The van der Waals surface area contributed by atoms with Crippen molar-refractivity contribution in [2.75, 3.05) is 10.2 Å². The number of hydrogen-bond donors (Lipinski definition) is 3. The van der Waals surface area contributed by atoms with E-state index in [9.17, 15) is 14.4 Å². The fraction of sp³-hybridized carbons (Fsp3) is 0.214. The largest absolute Gasteiger partial charge is 0.424 e. The number of nitrogens with one attached hydrogen (secondary N) is 3. The van der Waals surface area contributed by atoms with Gasteiger partial charge in [0.2, 0.25) is 5.91 Å². The molecule has 0 unspecified atom stereocenters. The molecule has 4 amide bonds. The Hall–Kier alpha value is -4.84. The van der Waals surface area contributed by atoms with E-state index < -0.39 is 6.03 Å². The number of urea groups is 1. The molecule has 202 valence electrons. The first-order chi connectivity index (χ1) is 19.5. The summed E-state index contributed by atoms with van der Waals surface area (Å²) in [4.78, 5) is 54.2. The van der Waals surface area contributed by atoms with E-state index in [-0.39, 0.29) is 29.9 Å². The van der Waals surface area contributed by atoms with Crippen molar-refractivity contribution in [1.82, 2.24) is 25.6 Å². The molecule has 0 spiro atoms. The van der Waals surface area contributed by atoms with Gasteiger partial charge in [-0.15, -0.1) is 11.3 Å². The summed E-state index contributed by atoms with van der Waals surface area (Å²) in [6, 6.07) is 10.1. The molecule has 4 aromatic rings. The van der Waals surface area contributed by atoms with Crippen molar-refractivity contribution < 1.29 is 19.1 Å². The minimum atomic E-state index is -0.457. The molecule has 11 nitrogen and oxygen atoms in total. The van der Waals surface area contributed by atoms with E-state index in [4.69, 9.17) is 4.74 Å². The van der Waals surface area contributed by atoms with Crippen molar-refractivity contribution in [1.29, 1.82) is 0 Å². The normalized spacial score (nSPS) is 18.1. The maximum atomic E-state index is 13.5. The van der Waals surface area contributed by atoms with Crippen LogP contribution < -0.4 is 25.6 Å².